The molecule has 1 rings (SSSR count). The van der Waals surface area contributed by atoms with E-state index in [2.05, 4.69) is 13.5 Å². The molecule has 12 heavy (non-hydrogen) atoms. The minimum absolute atomic E-state index is 0.241. The number of hydrogen-bond donors (Lipinski definition) is 1. The third-order valence-electron chi connectivity index (χ3n) is 2.99. The van der Waals surface area contributed by atoms with Crippen molar-refractivity contribution in [3.63, 3.8) is 0 Å². The fraction of sp³-hybridized carbons (Fsp3) is 0.818. The smallest absolute Gasteiger partial charge is 0.0248 e. The molecule has 0 amide bonds. The standard InChI is InChI=1S/C11H21N/c1-3-11(12)9(2)8-10-6-4-5-7-10/h10-11H,2-8,12H2,1H3. The molecule has 0 spiro atoms. The van der Waals surface area contributed by atoms with Gasteiger partial charge in [0.1, 0.15) is 0 Å². The van der Waals surface area contributed by atoms with E-state index in [9.17, 15) is 0 Å². The summed E-state index contributed by atoms with van der Waals surface area (Å²) in [6.45, 7) is 6.19. The zero-order valence-electron chi connectivity index (χ0n) is 8.18. The predicted molar refractivity (Wildman–Crippen MR) is 54.0 cm³/mol. The Labute approximate surface area is 76.0 Å². The fourth-order valence-electron chi connectivity index (χ4n) is 2.03. The summed E-state index contributed by atoms with van der Waals surface area (Å²) in [7, 11) is 0. The average molecular weight is 167 g/mol. The highest BCUT2D eigenvalue weighted by molar-refractivity contribution is 5.05. The van der Waals surface area contributed by atoms with Crippen LogP contribution in [0.2, 0.25) is 0 Å². The largest absolute Gasteiger partial charge is 0.324 e. The Morgan fingerprint density at radius 3 is 2.58 bits per heavy atom. The van der Waals surface area contributed by atoms with Crippen LogP contribution in [0, 0.1) is 5.92 Å². The van der Waals surface area contributed by atoms with E-state index in [0.717, 1.165) is 12.3 Å². The molecule has 1 nitrogen and oxygen atoms in total. The van der Waals surface area contributed by atoms with Gasteiger partial charge in [-0.15, -0.1) is 0 Å². The molecule has 0 aromatic heterocycles. The molecule has 0 aliphatic heterocycles. The second kappa shape index (κ2) is 4.66. The van der Waals surface area contributed by atoms with E-state index in [0.29, 0.717) is 0 Å². The van der Waals surface area contributed by atoms with Gasteiger partial charge in [0.2, 0.25) is 0 Å². The molecule has 1 saturated carbocycles. The minimum Gasteiger partial charge on any atom is -0.324 e. The van der Waals surface area contributed by atoms with E-state index >= 15 is 0 Å². The van der Waals surface area contributed by atoms with Crippen molar-refractivity contribution in [2.75, 3.05) is 0 Å². The van der Waals surface area contributed by atoms with Crippen molar-refractivity contribution < 1.29 is 0 Å². The van der Waals surface area contributed by atoms with Crippen molar-refractivity contribution in [2.24, 2.45) is 11.7 Å². The van der Waals surface area contributed by atoms with Gasteiger partial charge in [-0.2, -0.15) is 0 Å². The zero-order chi connectivity index (χ0) is 8.97. The number of nitrogens with two attached hydrogens (primary N) is 1. The Kier molecular flexibility index (Phi) is 3.80. The van der Waals surface area contributed by atoms with Crippen molar-refractivity contribution in [1.82, 2.24) is 0 Å². The van der Waals surface area contributed by atoms with Gasteiger partial charge in [-0.25, -0.2) is 0 Å². The number of rotatable bonds is 4. The molecule has 1 aliphatic rings. The van der Waals surface area contributed by atoms with Crippen LogP contribution in [0.4, 0.5) is 0 Å². The van der Waals surface area contributed by atoms with Gasteiger partial charge in [-0.3, -0.25) is 0 Å². The Morgan fingerprint density at radius 2 is 2.08 bits per heavy atom. The predicted octanol–water partition coefficient (Wildman–Crippen LogP) is 2.86. The normalized spacial score (nSPS) is 21.2. The summed E-state index contributed by atoms with van der Waals surface area (Å²) in [4.78, 5) is 0. The third kappa shape index (κ3) is 2.63. The van der Waals surface area contributed by atoms with Crippen LogP contribution in [-0.2, 0) is 0 Å². The lowest BCUT2D eigenvalue weighted by atomic mass is 9.94. The van der Waals surface area contributed by atoms with Gasteiger partial charge in [-0.05, 0) is 18.8 Å². The Bertz CT molecular complexity index is 145. The second-order valence-electron chi connectivity index (χ2n) is 4.03. The van der Waals surface area contributed by atoms with Crippen LogP contribution in [0.3, 0.4) is 0 Å². The second-order valence-corrected chi connectivity index (χ2v) is 4.03. The van der Waals surface area contributed by atoms with Crippen molar-refractivity contribution in [3.05, 3.63) is 12.2 Å². The van der Waals surface area contributed by atoms with E-state index in [1.54, 1.807) is 0 Å². The maximum Gasteiger partial charge on any atom is 0.0248 e. The highest BCUT2D eigenvalue weighted by atomic mass is 14.6. The summed E-state index contributed by atoms with van der Waals surface area (Å²) in [6, 6.07) is 0.241. The molecule has 0 heterocycles. The molecular formula is C11H21N. The molecule has 0 saturated heterocycles. The molecule has 0 bridgehead atoms. The first-order valence-corrected chi connectivity index (χ1v) is 5.17. The minimum atomic E-state index is 0.241. The monoisotopic (exact) mass is 167 g/mol. The van der Waals surface area contributed by atoms with E-state index < -0.39 is 0 Å². The highest BCUT2D eigenvalue weighted by Gasteiger charge is 2.17. The number of hydrogen-bond acceptors (Lipinski definition) is 1. The average Bonchev–Trinajstić information content (AvgIpc) is 2.55. The molecule has 1 heteroatoms. The molecule has 0 radical (unpaired) electrons. The van der Waals surface area contributed by atoms with Crippen LogP contribution >= 0.6 is 0 Å². The molecule has 1 aliphatic carbocycles. The lowest BCUT2D eigenvalue weighted by Crippen LogP contribution is -2.21. The van der Waals surface area contributed by atoms with Crippen LogP contribution < -0.4 is 5.73 Å². The van der Waals surface area contributed by atoms with Gasteiger partial charge < -0.3 is 5.73 Å². The SMILES string of the molecule is C=C(CC1CCCC1)C(N)CC. The van der Waals surface area contributed by atoms with Crippen molar-refractivity contribution in [2.45, 2.75) is 51.5 Å². The molecule has 1 atom stereocenters. The van der Waals surface area contributed by atoms with Gasteiger partial charge in [0.05, 0.1) is 0 Å². The van der Waals surface area contributed by atoms with Crippen LogP contribution in [0.15, 0.2) is 12.2 Å². The summed E-state index contributed by atoms with van der Waals surface area (Å²) < 4.78 is 0. The Balaban J connectivity index is 2.25. The van der Waals surface area contributed by atoms with Gasteiger partial charge >= 0.3 is 0 Å². The highest BCUT2D eigenvalue weighted by Crippen LogP contribution is 2.30. The maximum absolute atomic E-state index is 5.90. The van der Waals surface area contributed by atoms with Crippen molar-refractivity contribution in [3.8, 4) is 0 Å². The van der Waals surface area contributed by atoms with Crippen LogP contribution in [0.25, 0.3) is 0 Å². The van der Waals surface area contributed by atoms with Gasteiger partial charge in [0.15, 0.2) is 0 Å². The summed E-state index contributed by atoms with van der Waals surface area (Å²) in [5, 5.41) is 0. The third-order valence-corrected chi connectivity index (χ3v) is 2.99. The van der Waals surface area contributed by atoms with Crippen LogP contribution in [0.1, 0.15) is 45.4 Å². The van der Waals surface area contributed by atoms with Crippen LogP contribution in [-0.4, -0.2) is 6.04 Å². The Hall–Kier alpha value is -0.300. The quantitative estimate of drug-likeness (QED) is 0.640. The molecule has 0 aromatic rings. The van der Waals surface area contributed by atoms with Crippen molar-refractivity contribution in [1.29, 1.82) is 0 Å². The molecule has 2 N–H and O–H groups in total. The van der Waals surface area contributed by atoms with Crippen LogP contribution in [0.5, 0.6) is 0 Å². The van der Waals surface area contributed by atoms with Gasteiger partial charge in [-0.1, -0.05) is 44.8 Å². The van der Waals surface area contributed by atoms with Gasteiger partial charge in [0.25, 0.3) is 0 Å². The topological polar surface area (TPSA) is 26.0 Å². The maximum atomic E-state index is 5.90. The van der Waals surface area contributed by atoms with Crippen molar-refractivity contribution >= 4 is 0 Å². The fourth-order valence-corrected chi connectivity index (χ4v) is 2.03. The summed E-state index contributed by atoms with van der Waals surface area (Å²) in [5.74, 6) is 0.898. The first-order valence-electron chi connectivity index (χ1n) is 5.17. The Morgan fingerprint density at radius 1 is 1.50 bits per heavy atom. The van der Waals surface area contributed by atoms with Gasteiger partial charge in [0, 0.05) is 6.04 Å². The summed E-state index contributed by atoms with van der Waals surface area (Å²) in [6.07, 6.45) is 7.84. The molecule has 70 valence electrons. The lowest BCUT2D eigenvalue weighted by molar-refractivity contribution is 0.520. The summed E-state index contributed by atoms with van der Waals surface area (Å²) in [5.41, 5.74) is 7.16. The van der Waals surface area contributed by atoms with E-state index in [1.807, 2.05) is 0 Å². The molecule has 1 fully saturated rings. The first-order chi connectivity index (χ1) is 5.74. The summed E-state index contributed by atoms with van der Waals surface area (Å²) >= 11 is 0. The molecular weight excluding hydrogens is 146 g/mol. The molecule has 1 unspecified atom stereocenters. The zero-order valence-corrected chi connectivity index (χ0v) is 8.18. The lowest BCUT2D eigenvalue weighted by Gasteiger charge is -2.16. The van der Waals surface area contributed by atoms with E-state index in [4.69, 9.17) is 5.73 Å². The van der Waals surface area contributed by atoms with E-state index in [1.165, 1.54) is 37.7 Å². The first kappa shape index (κ1) is 9.79. The van der Waals surface area contributed by atoms with E-state index in [-0.39, 0.29) is 6.04 Å². The molecule has 0 aromatic carbocycles.